The highest BCUT2D eigenvalue weighted by Gasteiger charge is 2.30. The second kappa shape index (κ2) is 10.5. The Kier molecular flexibility index (Phi) is 7.23. The Morgan fingerprint density at radius 2 is 1.71 bits per heavy atom. The molecule has 3 N–H and O–H groups in total. The summed E-state index contributed by atoms with van der Waals surface area (Å²) in [5.41, 5.74) is 3.66. The zero-order valence-electron chi connectivity index (χ0n) is 19.0. The van der Waals surface area contributed by atoms with Crippen LogP contribution in [0.5, 0.6) is 5.88 Å². The Hall–Kier alpha value is -4.02. The number of ether oxygens (including phenoxy) is 2. The molecule has 0 bridgehead atoms. The molecule has 1 aromatic heterocycles. The van der Waals surface area contributed by atoms with Crippen LogP contribution in [0.4, 0.5) is 10.5 Å². The third-order valence-corrected chi connectivity index (χ3v) is 5.98. The second-order valence-corrected chi connectivity index (χ2v) is 8.07. The number of aromatic nitrogens is 1. The summed E-state index contributed by atoms with van der Waals surface area (Å²) in [6.45, 7) is 0.123. The van der Waals surface area contributed by atoms with Crippen LogP contribution in [-0.4, -0.2) is 52.6 Å². The van der Waals surface area contributed by atoms with E-state index < -0.39 is 28.9 Å². The summed E-state index contributed by atoms with van der Waals surface area (Å²) in [4.78, 5) is 26.7. The molecule has 0 spiro atoms. The van der Waals surface area contributed by atoms with E-state index in [9.17, 15) is 25.1 Å². The summed E-state index contributed by atoms with van der Waals surface area (Å²) in [5, 5.41) is 34.5. The number of pyridine rings is 1. The van der Waals surface area contributed by atoms with Gasteiger partial charge in [0.1, 0.15) is 12.7 Å². The smallest absolute Gasteiger partial charge is 0.407 e. The predicted molar refractivity (Wildman–Crippen MR) is 126 cm³/mol. The molecule has 10 heteroatoms. The van der Waals surface area contributed by atoms with Crippen molar-refractivity contribution in [1.82, 2.24) is 10.3 Å². The summed E-state index contributed by atoms with van der Waals surface area (Å²) in [5.74, 6) is -0.0196. The van der Waals surface area contributed by atoms with Crippen LogP contribution in [0.2, 0.25) is 0 Å². The molecule has 1 aliphatic carbocycles. The number of amides is 1. The molecule has 35 heavy (non-hydrogen) atoms. The molecule has 2 atom stereocenters. The number of fused-ring (bicyclic) bond motifs is 3. The number of aliphatic hydroxyl groups is 2. The molecule has 4 rings (SSSR count). The van der Waals surface area contributed by atoms with Crippen LogP contribution in [0.25, 0.3) is 11.1 Å². The van der Waals surface area contributed by atoms with Crippen molar-refractivity contribution in [1.29, 1.82) is 0 Å². The van der Waals surface area contributed by atoms with Gasteiger partial charge in [0.2, 0.25) is 5.88 Å². The van der Waals surface area contributed by atoms with Crippen LogP contribution in [0.15, 0.2) is 60.7 Å². The van der Waals surface area contributed by atoms with Crippen molar-refractivity contribution < 1.29 is 29.4 Å². The summed E-state index contributed by atoms with van der Waals surface area (Å²) >= 11 is 0. The fourth-order valence-electron chi connectivity index (χ4n) is 4.25. The first-order valence-electron chi connectivity index (χ1n) is 11.0. The summed E-state index contributed by atoms with van der Waals surface area (Å²) in [6, 6.07) is 18.4. The van der Waals surface area contributed by atoms with E-state index in [0.29, 0.717) is 0 Å². The molecule has 0 saturated heterocycles. The first-order valence-corrected chi connectivity index (χ1v) is 11.0. The van der Waals surface area contributed by atoms with Gasteiger partial charge in [-0.2, -0.15) is 0 Å². The van der Waals surface area contributed by atoms with Crippen molar-refractivity contribution in [3.8, 4) is 17.0 Å². The van der Waals surface area contributed by atoms with Crippen LogP contribution < -0.4 is 10.1 Å². The van der Waals surface area contributed by atoms with E-state index >= 15 is 0 Å². The highest BCUT2D eigenvalue weighted by molar-refractivity contribution is 5.79. The number of rotatable bonds is 9. The van der Waals surface area contributed by atoms with Crippen LogP contribution >= 0.6 is 0 Å². The van der Waals surface area contributed by atoms with Gasteiger partial charge in [-0.25, -0.2) is 9.78 Å². The standard InChI is InChI=1S/C25H25N3O7/c1-34-22-11-10-20(28(32)33)23(27-22)24(30)21(29)12-13-26-25(31)35-14-19-17-8-4-2-6-15(17)16-7-3-5-9-18(16)19/h2-11,19,21,24,29-30H,12-14H2,1H3,(H,26,31). The fourth-order valence-corrected chi connectivity index (χ4v) is 4.25. The number of hydrogen-bond acceptors (Lipinski definition) is 8. The van der Waals surface area contributed by atoms with Crippen molar-refractivity contribution in [2.75, 3.05) is 20.3 Å². The van der Waals surface area contributed by atoms with Crippen molar-refractivity contribution in [2.45, 2.75) is 24.5 Å². The Morgan fingerprint density at radius 1 is 1.09 bits per heavy atom. The van der Waals surface area contributed by atoms with Gasteiger partial charge in [-0.05, 0) is 28.7 Å². The fraction of sp³-hybridized carbons (Fsp3) is 0.280. The molecule has 0 fully saturated rings. The molecular formula is C25H25N3O7. The number of alkyl carbamates (subject to hydrolysis) is 1. The number of nitro groups is 1. The third kappa shape index (κ3) is 5.08. The van der Waals surface area contributed by atoms with E-state index in [0.717, 1.165) is 28.3 Å². The monoisotopic (exact) mass is 479 g/mol. The maximum absolute atomic E-state index is 12.3. The summed E-state index contributed by atoms with van der Waals surface area (Å²) < 4.78 is 10.4. The lowest BCUT2D eigenvalue weighted by molar-refractivity contribution is -0.386. The van der Waals surface area contributed by atoms with E-state index in [-0.39, 0.29) is 37.1 Å². The maximum atomic E-state index is 12.3. The topological polar surface area (TPSA) is 144 Å². The van der Waals surface area contributed by atoms with Crippen molar-refractivity contribution >= 4 is 11.8 Å². The SMILES string of the molecule is COc1ccc([N+](=O)[O-])c(C(O)C(O)CCNC(=O)OCC2c3ccccc3-c3ccccc32)n1. The number of nitrogens with one attached hydrogen (secondary N) is 1. The van der Waals surface area contributed by atoms with E-state index in [4.69, 9.17) is 9.47 Å². The number of methoxy groups -OCH3 is 1. The Morgan fingerprint density at radius 3 is 2.31 bits per heavy atom. The molecule has 1 aliphatic rings. The normalized spacial score (nSPS) is 13.9. The van der Waals surface area contributed by atoms with Gasteiger partial charge in [-0.1, -0.05) is 48.5 Å². The van der Waals surface area contributed by atoms with Gasteiger partial charge >= 0.3 is 6.09 Å². The molecule has 0 saturated carbocycles. The third-order valence-electron chi connectivity index (χ3n) is 5.98. The summed E-state index contributed by atoms with van der Waals surface area (Å²) in [7, 11) is 1.33. The Labute approximate surface area is 201 Å². The molecular weight excluding hydrogens is 454 g/mol. The first kappa shape index (κ1) is 24.1. The average Bonchev–Trinajstić information content (AvgIpc) is 3.20. The van der Waals surface area contributed by atoms with E-state index in [1.54, 1.807) is 0 Å². The first-order chi connectivity index (χ1) is 16.9. The van der Waals surface area contributed by atoms with Crippen molar-refractivity contribution in [2.24, 2.45) is 0 Å². The molecule has 1 heterocycles. The zero-order chi connectivity index (χ0) is 24.9. The molecule has 10 nitrogen and oxygen atoms in total. The second-order valence-electron chi connectivity index (χ2n) is 8.07. The Balaban J connectivity index is 1.31. The van der Waals surface area contributed by atoms with Crippen LogP contribution in [-0.2, 0) is 4.74 Å². The van der Waals surface area contributed by atoms with E-state index in [1.807, 2.05) is 48.5 Å². The van der Waals surface area contributed by atoms with Crippen molar-refractivity contribution in [3.05, 3.63) is 87.6 Å². The van der Waals surface area contributed by atoms with Gasteiger partial charge in [0, 0.05) is 24.6 Å². The average molecular weight is 479 g/mol. The van der Waals surface area contributed by atoms with Crippen LogP contribution in [0.1, 0.15) is 35.3 Å². The minimum atomic E-state index is -1.64. The number of carbonyl (C=O) groups excluding carboxylic acids is 1. The minimum absolute atomic E-state index is 0.0212. The maximum Gasteiger partial charge on any atom is 0.407 e. The molecule has 2 unspecified atom stereocenters. The number of benzene rings is 2. The number of hydrogen-bond donors (Lipinski definition) is 3. The molecule has 0 radical (unpaired) electrons. The number of nitrogens with zero attached hydrogens (tertiary/aromatic N) is 2. The molecule has 2 aromatic carbocycles. The number of carbonyl (C=O) groups is 1. The lowest BCUT2D eigenvalue weighted by Gasteiger charge is -2.18. The zero-order valence-corrected chi connectivity index (χ0v) is 19.0. The quantitative estimate of drug-likeness (QED) is 0.313. The largest absolute Gasteiger partial charge is 0.481 e. The van der Waals surface area contributed by atoms with Gasteiger partial charge in [0.05, 0.1) is 18.1 Å². The van der Waals surface area contributed by atoms with Crippen LogP contribution in [0, 0.1) is 10.1 Å². The van der Waals surface area contributed by atoms with E-state index in [2.05, 4.69) is 10.3 Å². The highest BCUT2D eigenvalue weighted by Crippen LogP contribution is 2.44. The van der Waals surface area contributed by atoms with E-state index in [1.165, 1.54) is 13.2 Å². The molecule has 182 valence electrons. The Bertz CT molecular complexity index is 1190. The van der Waals surface area contributed by atoms with Gasteiger partial charge in [0.25, 0.3) is 5.69 Å². The lowest BCUT2D eigenvalue weighted by Crippen LogP contribution is -2.31. The lowest BCUT2D eigenvalue weighted by atomic mass is 9.98. The van der Waals surface area contributed by atoms with Gasteiger partial charge in [-0.15, -0.1) is 0 Å². The molecule has 3 aromatic rings. The van der Waals surface area contributed by atoms with Crippen LogP contribution in [0.3, 0.4) is 0 Å². The molecule has 1 amide bonds. The summed E-state index contributed by atoms with van der Waals surface area (Å²) in [6.07, 6.45) is -3.81. The molecule has 0 aliphatic heterocycles. The van der Waals surface area contributed by atoms with Crippen molar-refractivity contribution in [3.63, 3.8) is 0 Å². The predicted octanol–water partition coefficient (Wildman–Crippen LogP) is 3.32. The van der Waals surface area contributed by atoms with Gasteiger partial charge in [0.15, 0.2) is 5.69 Å². The number of aliphatic hydroxyl groups excluding tert-OH is 2. The van der Waals surface area contributed by atoms with Gasteiger partial charge in [-0.3, -0.25) is 10.1 Å². The highest BCUT2D eigenvalue weighted by atomic mass is 16.6. The van der Waals surface area contributed by atoms with Gasteiger partial charge < -0.3 is 25.0 Å². The minimum Gasteiger partial charge on any atom is -0.481 e.